The molecule has 0 saturated carbocycles. The fourth-order valence-corrected chi connectivity index (χ4v) is 2.87. The van der Waals surface area contributed by atoms with Crippen LogP contribution in [-0.4, -0.2) is 24.3 Å². The SMILES string of the molecule is O=C(O)COCCc1ccc2c3c(cccc13)CC2. The lowest BCUT2D eigenvalue weighted by Gasteiger charge is -2.09. The van der Waals surface area contributed by atoms with Gasteiger partial charge in [0.2, 0.25) is 0 Å². The van der Waals surface area contributed by atoms with Crippen LogP contribution in [0.25, 0.3) is 10.8 Å². The van der Waals surface area contributed by atoms with E-state index >= 15 is 0 Å². The Morgan fingerprint density at radius 2 is 1.95 bits per heavy atom. The summed E-state index contributed by atoms with van der Waals surface area (Å²) in [5.41, 5.74) is 4.11. The average molecular weight is 256 g/mol. The van der Waals surface area contributed by atoms with Crippen LogP contribution in [0.1, 0.15) is 16.7 Å². The third-order valence-corrected chi connectivity index (χ3v) is 3.71. The Balaban J connectivity index is 1.83. The van der Waals surface area contributed by atoms with Crippen molar-refractivity contribution in [3.8, 4) is 0 Å². The van der Waals surface area contributed by atoms with Gasteiger partial charge in [0.25, 0.3) is 0 Å². The maximum Gasteiger partial charge on any atom is 0.329 e. The molecule has 0 aromatic heterocycles. The first-order valence-corrected chi connectivity index (χ1v) is 6.57. The van der Waals surface area contributed by atoms with Gasteiger partial charge < -0.3 is 9.84 Å². The third-order valence-electron chi connectivity index (χ3n) is 3.71. The summed E-state index contributed by atoms with van der Waals surface area (Å²) < 4.78 is 5.12. The van der Waals surface area contributed by atoms with E-state index in [0.29, 0.717) is 6.61 Å². The molecule has 0 radical (unpaired) electrons. The van der Waals surface area contributed by atoms with Crippen molar-refractivity contribution in [3.05, 3.63) is 47.0 Å². The Hall–Kier alpha value is -1.87. The highest BCUT2D eigenvalue weighted by molar-refractivity contribution is 5.93. The summed E-state index contributed by atoms with van der Waals surface area (Å²) in [6.07, 6.45) is 3.02. The molecule has 3 nitrogen and oxygen atoms in total. The molecule has 2 aromatic rings. The molecule has 1 aliphatic carbocycles. The maximum absolute atomic E-state index is 10.4. The molecule has 1 N–H and O–H groups in total. The number of aliphatic carboxylic acids is 1. The van der Waals surface area contributed by atoms with Gasteiger partial charge in [-0.05, 0) is 46.7 Å². The lowest BCUT2D eigenvalue weighted by molar-refractivity contribution is -0.142. The van der Waals surface area contributed by atoms with Crippen LogP contribution < -0.4 is 0 Å². The van der Waals surface area contributed by atoms with Gasteiger partial charge in [0.15, 0.2) is 0 Å². The molecular formula is C16H16O3. The van der Waals surface area contributed by atoms with Crippen LogP contribution in [0.4, 0.5) is 0 Å². The smallest absolute Gasteiger partial charge is 0.329 e. The number of rotatable bonds is 5. The molecule has 2 aromatic carbocycles. The Bertz CT molecular complexity index is 621. The van der Waals surface area contributed by atoms with Crippen LogP contribution in [0, 0.1) is 0 Å². The van der Waals surface area contributed by atoms with E-state index in [9.17, 15) is 4.79 Å². The Morgan fingerprint density at radius 1 is 1.16 bits per heavy atom. The van der Waals surface area contributed by atoms with Gasteiger partial charge in [0.05, 0.1) is 6.61 Å². The van der Waals surface area contributed by atoms with Crippen molar-refractivity contribution in [2.24, 2.45) is 0 Å². The first kappa shape index (κ1) is 12.2. The molecule has 3 heteroatoms. The molecule has 0 aliphatic heterocycles. The minimum Gasteiger partial charge on any atom is -0.480 e. The lowest BCUT2D eigenvalue weighted by Crippen LogP contribution is -2.09. The summed E-state index contributed by atoms with van der Waals surface area (Å²) in [5, 5.41) is 11.2. The van der Waals surface area contributed by atoms with E-state index in [-0.39, 0.29) is 6.61 Å². The highest BCUT2D eigenvalue weighted by Crippen LogP contribution is 2.32. The van der Waals surface area contributed by atoms with Crippen LogP contribution in [0.5, 0.6) is 0 Å². The van der Waals surface area contributed by atoms with E-state index in [0.717, 1.165) is 19.3 Å². The molecule has 0 amide bonds. The Kier molecular flexibility index (Phi) is 3.22. The lowest BCUT2D eigenvalue weighted by atomic mass is 9.98. The molecule has 0 atom stereocenters. The van der Waals surface area contributed by atoms with Crippen molar-refractivity contribution in [1.29, 1.82) is 0 Å². The van der Waals surface area contributed by atoms with Crippen LogP contribution >= 0.6 is 0 Å². The van der Waals surface area contributed by atoms with Crippen molar-refractivity contribution < 1.29 is 14.6 Å². The summed E-state index contributed by atoms with van der Waals surface area (Å²) in [5.74, 6) is -0.916. The molecule has 0 heterocycles. The number of aryl methyl sites for hydroxylation is 2. The van der Waals surface area contributed by atoms with E-state index in [2.05, 4.69) is 30.3 Å². The first-order valence-electron chi connectivity index (χ1n) is 6.57. The highest BCUT2D eigenvalue weighted by Gasteiger charge is 2.15. The first-order chi connectivity index (χ1) is 9.25. The number of benzene rings is 2. The van der Waals surface area contributed by atoms with Gasteiger partial charge in [-0.25, -0.2) is 4.79 Å². The number of carboxylic acid groups (broad SMARTS) is 1. The van der Waals surface area contributed by atoms with E-state index in [1.54, 1.807) is 0 Å². The van der Waals surface area contributed by atoms with Gasteiger partial charge in [-0.3, -0.25) is 0 Å². The normalized spacial score (nSPS) is 13.1. The van der Waals surface area contributed by atoms with Gasteiger partial charge in [-0.15, -0.1) is 0 Å². The van der Waals surface area contributed by atoms with Crippen molar-refractivity contribution >= 4 is 16.7 Å². The molecule has 1 aliphatic rings. The van der Waals surface area contributed by atoms with Gasteiger partial charge in [0, 0.05) is 0 Å². The Morgan fingerprint density at radius 3 is 2.74 bits per heavy atom. The molecule has 0 spiro atoms. The van der Waals surface area contributed by atoms with E-state index < -0.39 is 5.97 Å². The average Bonchev–Trinajstić information content (AvgIpc) is 2.82. The van der Waals surface area contributed by atoms with Crippen LogP contribution in [0.15, 0.2) is 30.3 Å². The van der Waals surface area contributed by atoms with Crippen molar-refractivity contribution in [3.63, 3.8) is 0 Å². The number of hydrogen-bond acceptors (Lipinski definition) is 2. The summed E-state index contributed by atoms with van der Waals surface area (Å²) in [4.78, 5) is 10.4. The van der Waals surface area contributed by atoms with Gasteiger partial charge >= 0.3 is 5.97 Å². The summed E-state index contributed by atoms with van der Waals surface area (Å²) >= 11 is 0. The van der Waals surface area contributed by atoms with Crippen molar-refractivity contribution in [2.45, 2.75) is 19.3 Å². The molecule has 0 bridgehead atoms. The van der Waals surface area contributed by atoms with Crippen LogP contribution in [0.3, 0.4) is 0 Å². The quantitative estimate of drug-likeness (QED) is 0.836. The van der Waals surface area contributed by atoms with E-state index in [1.807, 2.05) is 0 Å². The van der Waals surface area contributed by atoms with Gasteiger partial charge in [0.1, 0.15) is 6.61 Å². The van der Waals surface area contributed by atoms with Crippen molar-refractivity contribution in [1.82, 2.24) is 0 Å². The molecular weight excluding hydrogens is 240 g/mol. The zero-order chi connectivity index (χ0) is 13.2. The molecule has 98 valence electrons. The predicted octanol–water partition coefficient (Wildman–Crippen LogP) is 2.58. The topological polar surface area (TPSA) is 46.5 Å². The number of carbonyl (C=O) groups is 1. The van der Waals surface area contributed by atoms with Crippen molar-refractivity contribution in [2.75, 3.05) is 13.2 Å². The van der Waals surface area contributed by atoms with Crippen LogP contribution in [-0.2, 0) is 28.8 Å². The fraction of sp³-hybridized carbons (Fsp3) is 0.312. The summed E-state index contributed by atoms with van der Waals surface area (Å²) in [7, 11) is 0. The molecule has 0 saturated heterocycles. The molecule has 19 heavy (non-hydrogen) atoms. The number of carboxylic acids is 1. The minimum absolute atomic E-state index is 0.221. The van der Waals surface area contributed by atoms with Gasteiger partial charge in [-0.2, -0.15) is 0 Å². The van der Waals surface area contributed by atoms with Gasteiger partial charge in [-0.1, -0.05) is 30.3 Å². The monoisotopic (exact) mass is 256 g/mol. The highest BCUT2D eigenvalue weighted by atomic mass is 16.5. The summed E-state index contributed by atoms with van der Waals surface area (Å²) in [6, 6.07) is 10.8. The largest absolute Gasteiger partial charge is 0.480 e. The summed E-state index contributed by atoms with van der Waals surface area (Å²) in [6.45, 7) is 0.228. The maximum atomic E-state index is 10.4. The van der Waals surface area contributed by atoms with E-state index in [1.165, 1.54) is 27.5 Å². The fourth-order valence-electron chi connectivity index (χ4n) is 2.87. The predicted molar refractivity (Wildman–Crippen MR) is 73.5 cm³/mol. The minimum atomic E-state index is -0.916. The third kappa shape index (κ3) is 2.34. The second-order valence-electron chi connectivity index (χ2n) is 4.92. The number of ether oxygens (including phenoxy) is 1. The zero-order valence-corrected chi connectivity index (χ0v) is 10.7. The standard InChI is InChI=1S/C16H16O3/c17-15(18)10-19-9-8-11-4-5-13-7-6-12-2-1-3-14(11)16(12)13/h1-5H,6-10H2,(H,17,18). The Labute approximate surface area is 111 Å². The second-order valence-corrected chi connectivity index (χ2v) is 4.92. The molecule has 3 rings (SSSR count). The molecule has 0 fully saturated rings. The second kappa shape index (κ2) is 5.02. The van der Waals surface area contributed by atoms with Crippen LogP contribution in [0.2, 0.25) is 0 Å². The van der Waals surface area contributed by atoms with E-state index in [4.69, 9.17) is 9.84 Å². The zero-order valence-electron chi connectivity index (χ0n) is 10.7. The molecule has 0 unspecified atom stereocenters. The number of hydrogen-bond donors (Lipinski definition) is 1.